The van der Waals surface area contributed by atoms with Gasteiger partial charge in [0.1, 0.15) is 58.8 Å². The van der Waals surface area contributed by atoms with Crippen molar-refractivity contribution in [3.63, 3.8) is 0 Å². The Labute approximate surface area is 349 Å². The zero-order valence-electron chi connectivity index (χ0n) is 34.0. The Morgan fingerprint density at radius 2 is 1.86 bits per heavy atom. The second-order valence-electron chi connectivity index (χ2n) is 17.5. The number of benzene rings is 1. The molecule has 5 fully saturated rings. The number of aliphatic carboxylic acids is 1. The fraction of sp³-hybridized carbons (Fsp3) is 0.651. The number of hydrogen-bond acceptors (Lipinski definition) is 11. The van der Waals surface area contributed by atoms with Crippen molar-refractivity contribution in [2.24, 2.45) is 17.8 Å². The number of carbonyl (C=O) groups excluding carboxylic acids is 3. The van der Waals surface area contributed by atoms with Crippen LogP contribution in [0.2, 0.25) is 5.02 Å². The Balaban J connectivity index is 1.05. The maximum absolute atomic E-state index is 14.6. The maximum Gasteiger partial charge on any atom is 0.408 e. The van der Waals surface area contributed by atoms with Gasteiger partial charge >= 0.3 is 12.1 Å². The van der Waals surface area contributed by atoms with E-state index in [9.17, 15) is 24.3 Å². The van der Waals surface area contributed by atoms with E-state index < -0.39 is 47.6 Å². The first-order valence-electron chi connectivity index (χ1n) is 21.5. The molecule has 16 heteroatoms. The van der Waals surface area contributed by atoms with Gasteiger partial charge in [-0.15, -0.1) is 0 Å². The predicted molar refractivity (Wildman–Crippen MR) is 220 cm³/mol. The smallest absolute Gasteiger partial charge is 0.408 e. The highest BCUT2D eigenvalue weighted by atomic mass is 35.5. The van der Waals surface area contributed by atoms with Gasteiger partial charge in [0.25, 0.3) is 0 Å². The fourth-order valence-corrected chi connectivity index (χ4v) is 9.57. The molecule has 0 spiro atoms. The molecule has 3 aliphatic heterocycles. The number of pyridine rings is 1. The molecule has 4 N–H and O–H groups in total. The van der Waals surface area contributed by atoms with E-state index in [1.54, 1.807) is 12.1 Å². The number of nitrogens with zero attached hydrogens (tertiary/aromatic N) is 3. The molecule has 8 atom stereocenters. The third-order valence-electron chi connectivity index (χ3n) is 12.7. The Bertz CT molecular complexity index is 1930. The number of aromatic nitrogens is 1. The van der Waals surface area contributed by atoms with E-state index >= 15 is 0 Å². The normalized spacial score (nSPS) is 31.0. The number of carboxylic acids is 1. The first kappa shape index (κ1) is 41.4. The number of anilines is 1. The first-order valence-corrected chi connectivity index (χ1v) is 21.8. The monoisotopic (exact) mass is 836 g/mol. The number of alkyl carbamates (subject to hydrolysis) is 1. The van der Waals surface area contributed by atoms with Crippen molar-refractivity contribution in [2.45, 2.75) is 114 Å². The van der Waals surface area contributed by atoms with Crippen molar-refractivity contribution in [2.75, 3.05) is 51.3 Å². The van der Waals surface area contributed by atoms with Crippen LogP contribution in [0.4, 0.5) is 10.6 Å². The Kier molecular flexibility index (Phi) is 12.4. The lowest BCUT2D eigenvalue weighted by Gasteiger charge is -2.29. The second kappa shape index (κ2) is 17.7. The van der Waals surface area contributed by atoms with Crippen molar-refractivity contribution in [1.82, 2.24) is 25.4 Å². The molecule has 6 aliphatic rings. The number of morpholine rings is 1. The molecular formula is C43H57ClN6O9. The summed E-state index contributed by atoms with van der Waals surface area (Å²) >= 11 is 6.99. The summed E-state index contributed by atoms with van der Waals surface area (Å²) in [4.78, 5) is 63.3. The summed E-state index contributed by atoms with van der Waals surface area (Å²) < 4.78 is 24.1. The summed E-state index contributed by atoms with van der Waals surface area (Å²) in [5, 5.41) is 20.3. The van der Waals surface area contributed by atoms with Crippen molar-refractivity contribution < 1.29 is 43.2 Å². The molecule has 1 aromatic carbocycles. The van der Waals surface area contributed by atoms with Gasteiger partial charge in [-0.1, -0.05) is 36.6 Å². The minimum absolute atomic E-state index is 0.0206. The number of carbonyl (C=O) groups is 4. The van der Waals surface area contributed by atoms with E-state index in [2.05, 4.69) is 20.9 Å². The van der Waals surface area contributed by atoms with Gasteiger partial charge in [0.05, 0.1) is 25.3 Å². The average molecular weight is 837 g/mol. The molecule has 15 nitrogen and oxygen atoms in total. The van der Waals surface area contributed by atoms with Gasteiger partial charge in [0.2, 0.25) is 11.8 Å². The largest absolute Gasteiger partial charge is 0.491 e. The van der Waals surface area contributed by atoms with Gasteiger partial charge in [-0.3, -0.25) is 14.5 Å². The van der Waals surface area contributed by atoms with Crippen molar-refractivity contribution in [3.8, 4) is 11.5 Å². The van der Waals surface area contributed by atoms with Crippen LogP contribution in [0.3, 0.4) is 0 Å². The average Bonchev–Trinajstić information content (AvgIpc) is 4.00. The van der Waals surface area contributed by atoms with Crippen molar-refractivity contribution in [1.29, 1.82) is 0 Å². The second-order valence-corrected chi connectivity index (χ2v) is 17.8. The molecule has 4 heterocycles. The van der Waals surface area contributed by atoms with Crippen LogP contribution in [0, 0.1) is 17.8 Å². The van der Waals surface area contributed by atoms with Crippen LogP contribution in [0.25, 0.3) is 10.9 Å². The van der Waals surface area contributed by atoms with Crippen LogP contribution in [-0.4, -0.2) is 126 Å². The first-order chi connectivity index (χ1) is 28.5. The lowest BCUT2D eigenvalue weighted by atomic mass is 10.0. The molecule has 0 radical (unpaired) electrons. The molecule has 1 unspecified atom stereocenters. The fourth-order valence-electron chi connectivity index (χ4n) is 9.31. The number of rotatable bonds is 11. The number of halogens is 1. The lowest BCUT2D eigenvalue weighted by Crippen LogP contribution is -2.56. The van der Waals surface area contributed by atoms with E-state index in [1.165, 1.54) is 11.3 Å². The molecule has 3 aliphatic carbocycles. The van der Waals surface area contributed by atoms with Crippen LogP contribution in [0.1, 0.15) is 78.1 Å². The van der Waals surface area contributed by atoms with E-state index in [-0.39, 0.29) is 37.5 Å². The Hall–Kier alpha value is -4.34. The van der Waals surface area contributed by atoms with Crippen LogP contribution in [-0.2, 0) is 23.9 Å². The third kappa shape index (κ3) is 9.52. The Morgan fingerprint density at radius 1 is 1.07 bits per heavy atom. The maximum atomic E-state index is 14.6. The van der Waals surface area contributed by atoms with Gasteiger partial charge < -0.3 is 44.9 Å². The third-order valence-corrected chi connectivity index (χ3v) is 13.1. The highest BCUT2D eigenvalue weighted by Crippen LogP contribution is 2.52. The summed E-state index contributed by atoms with van der Waals surface area (Å²) in [5.74, 6) is 0.218. The predicted octanol–water partition coefficient (Wildman–Crippen LogP) is 5.14. The zero-order chi connectivity index (χ0) is 41.3. The zero-order valence-corrected chi connectivity index (χ0v) is 34.7. The number of amides is 3. The van der Waals surface area contributed by atoms with Gasteiger partial charge in [-0.05, 0) is 82.8 Å². The highest BCUT2D eigenvalue weighted by Gasteiger charge is 2.61. The number of nitrogens with one attached hydrogen (secondary N) is 3. The molecule has 3 saturated carbocycles. The van der Waals surface area contributed by atoms with Gasteiger partial charge in [0.15, 0.2) is 0 Å². The lowest BCUT2D eigenvalue weighted by molar-refractivity contribution is -0.145. The standard InChI is InChI=1S/C43H57ClN6O9/c1-25(2)45-36-22-35(31-10-11-34(37(44)38(31)47-36)57-17-14-49-12-15-56-16-13-49)58-30-21-33-39(51)48-43(41(53)54)23-28(43)8-6-4-3-5-7-9-32(40(52)50(33)24-30)46-42(55)59-29-19-26-18-27(26)20-29/h6,8,10-11,22,25-30,32-33H,3-5,7,9,12-21,23-24H2,1-2H3,(H,45,47)(H,46,55)(H,48,51)(H,53,54)/t26-,27+,28-,29?,30-,32+,33+,43-/m1/s1. The summed E-state index contributed by atoms with van der Waals surface area (Å²) in [6, 6.07) is 3.45. The number of allylic oxidation sites excluding steroid dienone is 1. The summed E-state index contributed by atoms with van der Waals surface area (Å²) in [6.45, 7) is 8.25. The van der Waals surface area contributed by atoms with Crippen LogP contribution < -0.4 is 25.4 Å². The molecule has 2 aromatic rings. The molecule has 3 amide bonds. The number of carboxylic acid groups (broad SMARTS) is 1. The summed E-state index contributed by atoms with van der Waals surface area (Å²) in [7, 11) is 0. The van der Waals surface area contributed by atoms with E-state index in [1.807, 2.05) is 32.1 Å². The highest BCUT2D eigenvalue weighted by molar-refractivity contribution is 6.36. The minimum Gasteiger partial charge on any atom is -0.491 e. The molecular weight excluding hydrogens is 780 g/mol. The van der Waals surface area contributed by atoms with E-state index in [4.69, 9.17) is 35.5 Å². The van der Waals surface area contributed by atoms with Crippen molar-refractivity contribution >= 4 is 52.2 Å². The molecule has 0 bridgehead atoms. The molecule has 1 aromatic heterocycles. The number of ether oxygens (including phenoxy) is 4. The summed E-state index contributed by atoms with van der Waals surface area (Å²) in [5.41, 5.74) is -0.987. The number of fused-ring (bicyclic) bond motifs is 4. The topological polar surface area (TPSA) is 181 Å². The van der Waals surface area contributed by atoms with E-state index in [0.717, 1.165) is 51.7 Å². The number of hydrogen-bond donors (Lipinski definition) is 4. The molecule has 2 saturated heterocycles. The molecule has 320 valence electrons. The van der Waals surface area contributed by atoms with Crippen LogP contribution >= 0.6 is 11.6 Å². The van der Waals surface area contributed by atoms with Crippen LogP contribution in [0.15, 0.2) is 30.4 Å². The summed E-state index contributed by atoms with van der Waals surface area (Å²) in [6.07, 6.45) is 9.03. The van der Waals surface area contributed by atoms with Gasteiger partial charge in [-0.25, -0.2) is 14.6 Å². The molecule has 8 rings (SSSR count). The SMILES string of the molecule is CC(C)Nc1cc(O[C@@H]2C[C@H]3C(=O)N[C@]4(C(=O)O)C[C@H]4C=CCCCCC[C@H](NC(=O)OC4C[C@@H]5C[C@@H]5C4)C(=O)N3C2)c2ccc(OCCN3CCOCC3)c(Cl)c2n1. The quantitative estimate of drug-likeness (QED) is 0.219. The van der Waals surface area contributed by atoms with E-state index in [0.29, 0.717) is 77.7 Å². The van der Waals surface area contributed by atoms with Crippen molar-refractivity contribution in [3.05, 3.63) is 35.4 Å². The van der Waals surface area contributed by atoms with Gasteiger partial charge in [0, 0.05) is 49.5 Å². The van der Waals surface area contributed by atoms with Crippen LogP contribution in [0.5, 0.6) is 11.5 Å². The Morgan fingerprint density at radius 3 is 2.63 bits per heavy atom. The molecule has 59 heavy (non-hydrogen) atoms. The van der Waals surface area contributed by atoms with Gasteiger partial charge in [-0.2, -0.15) is 0 Å². The minimum atomic E-state index is -1.46.